The molecule has 4 heteroatoms. The molecule has 0 aromatic heterocycles. The highest BCUT2D eigenvalue weighted by Crippen LogP contribution is 2.21. The minimum Gasteiger partial charge on any atom is -0.353 e. The molecule has 0 radical (unpaired) electrons. The zero-order valence-corrected chi connectivity index (χ0v) is 12.1. The van der Waals surface area contributed by atoms with Crippen molar-refractivity contribution in [2.45, 2.75) is 71.0 Å². The topological polar surface area (TPSA) is 58.4 Å². The SMILES string of the molecule is CCCC(C)NC(=O)CN1C(C)CCCC1CN. The molecule has 1 amide bonds. The summed E-state index contributed by atoms with van der Waals surface area (Å²) in [5, 5.41) is 3.07. The number of carbonyl (C=O) groups is 1. The second kappa shape index (κ2) is 7.74. The standard InChI is InChI=1S/C14H29N3O/c1-4-6-11(2)16-14(18)10-17-12(3)7-5-8-13(17)9-15/h11-13H,4-10,15H2,1-3H3,(H,16,18). The monoisotopic (exact) mass is 255 g/mol. The molecule has 18 heavy (non-hydrogen) atoms. The Morgan fingerprint density at radius 1 is 1.50 bits per heavy atom. The van der Waals surface area contributed by atoms with Crippen molar-refractivity contribution in [3.05, 3.63) is 0 Å². The largest absolute Gasteiger partial charge is 0.353 e. The highest BCUT2D eigenvalue weighted by atomic mass is 16.2. The van der Waals surface area contributed by atoms with Gasteiger partial charge in [-0.3, -0.25) is 9.69 Å². The van der Waals surface area contributed by atoms with Gasteiger partial charge in [-0.05, 0) is 33.1 Å². The lowest BCUT2D eigenvalue weighted by molar-refractivity contribution is -0.124. The van der Waals surface area contributed by atoms with Crippen LogP contribution in [0.15, 0.2) is 0 Å². The van der Waals surface area contributed by atoms with Crippen LogP contribution in [0.3, 0.4) is 0 Å². The average Bonchev–Trinajstić information content (AvgIpc) is 2.31. The van der Waals surface area contributed by atoms with Crippen molar-refractivity contribution >= 4 is 5.91 Å². The van der Waals surface area contributed by atoms with Crippen molar-refractivity contribution in [1.82, 2.24) is 10.2 Å². The smallest absolute Gasteiger partial charge is 0.234 e. The van der Waals surface area contributed by atoms with E-state index in [1.54, 1.807) is 0 Å². The first kappa shape index (κ1) is 15.4. The summed E-state index contributed by atoms with van der Waals surface area (Å²) in [5.41, 5.74) is 5.81. The van der Waals surface area contributed by atoms with Gasteiger partial charge in [0.2, 0.25) is 5.91 Å². The Morgan fingerprint density at radius 2 is 2.22 bits per heavy atom. The number of amides is 1. The van der Waals surface area contributed by atoms with Crippen molar-refractivity contribution in [3.63, 3.8) is 0 Å². The number of nitrogens with two attached hydrogens (primary N) is 1. The maximum atomic E-state index is 12.0. The predicted octanol–water partition coefficient (Wildman–Crippen LogP) is 1.49. The van der Waals surface area contributed by atoms with E-state index in [0.717, 1.165) is 19.3 Å². The fourth-order valence-electron chi connectivity index (χ4n) is 2.87. The number of nitrogens with one attached hydrogen (secondary N) is 1. The van der Waals surface area contributed by atoms with Crippen LogP contribution >= 0.6 is 0 Å². The molecule has 0 aliphatic carbocycles. The van der Waals surface area contributed by atoms with Gasteiger partial charge in [-0.15, -0.1) is 0 Å². The van der Waals surface area contributed by atoms with Crippen LogP contribution in [0.2, 0.25) is 0 Å². The Bertz CT molecular complexity index is 257. The Morgan fingerprint density at radius 3 is 2.83 bits per heavy atom. The Balaban J connectivity index is 2.45. The summed E-state index contributed by atoms with van der Waals surface area (Å²) in [6.45, 7) is 7.56. The van der Waals surface area contributed by atoms with Crippen LogP contribution in [0.25, 0.3) is 0 Å². The van der Waals surface area contributed by atoms with Gasteiger partial charge in [-0.25, -0.2) is 0 Å². The first-order valence-electron chi connectivity index (χ1n) is 7.33. The van der Waals surface area contributed by atoms with Crippen LogP contribution in [0.5, 0.6) is 0 Å². The summed E-state index contributed by atoms with van der Waals surface area (Å²) in [6.07, 6.45) is 5.68. The van der Waals surface area contributed by atoms with E-state index in [-0.39, 0.29) is 11.9 Å². The van der Waals surface area contributed by atoms with Gasteiger partial charge < -0.3 is 11.1 Å². The zero-order valence-electron chi connectivity index (χ0n) is 12.1. The van der Waals surface area contributed by atoms with E-state index in [4.69, 9.17) is 5.73 Å². The minimum atomic E-state index is 0.142. The van der Waals surface area contributed by atoms with Crippen LogP contribution in [0.4, 0.5) is 0 Å². The summed E-state index contributed by atoms with van der Waals surface area (Å²) in [5.74, 6) is 0.142. The van der Waals surface area contributed by atoms with Crippen LogP contribution in [0, 0.1) is 0 Å². The Hall–Kier alpha value is -0.610. The lowest BCUT2D eigenvalue weighted by Gasteiger charge is -2.39. The molecule has 0 aromatic rings. The van der Waals surface area contributed by atoms with E-state index in [1.165, 1.54) is 12.8 Å². The second-order valence-corrected chi connectivity index (χ2v) is 5.60. The fraction of sp³-hybridized carbons (Fsp3) is 0.929. The molecule has 1 aliphatic heterocycles. The molecule has 106 valence electrons. The van der Waals surface area contributed by atoms with Crippen molar-refractivity contribution in [2.75, 3.05) is 13.1 Å². The molecule has 1 aliphatic rings. The quantitative estimate of drug-likeness (QED) is 0.756. The molecule has 1 rings (SSSR count). The highest BCUT2D eigenvalue weighted by molar-refractivity contribution is 5.78. The third kappa shape index (κ3) is 4.58. The maximum absolute atomic E-state index is 12.0. The summed E-state index contributed by atoms with van der Waals surface area (Å²) in [7, 11) is 0. The van der Waals surface area contributed by atoms with Crippen molar-refractivity contribution in [2.24, 2.45) is 5.73 Å². The molecule has 4 nitrogen and oxygen atoms in total. The van der Waals surface area contributed by atoms with E-state index < -0.39 is 0 Å². The first-order chi connectivity index (χ1) is 8.58. The molecule has 0 saturated carbocycles. The predicted molar refractivity (Wildman–Crippen MR) is 75.4 cm³/mol. The third-order valence-corrected chi connectivity index (χ3v) is 3.92. The summed E-state index contributed by atoms with van der Waals surface area (Å²) in [4.78, 5) is 14.3. The van der Waals surface area contributed by atoms with E-state index >= 15 is 0 Å². The number of hydrogen-bond acceptors (Lipinski definition) is 3. The van der Waals surface area contributed by atoms with Crippen LogP contribution in [-0.4, -0.2) is 42.0 Å². The number of piperidine rings is 1. The number of rotatable bonds is 6. The lowest BCUT2D eigenvalue weighted by Crippen LogP contribution is -2.53. The van der Waals surface area contributed by atoms with Crippen molar-refractivity contribution in [1.29, 1.82) is 0 Å². The van der Waals surface area contributed by atoms with Crippen LogP contribution < -0.4 is 11.1 Å². The van der Waals surface area contributed by atoms with E-state index in [0.29, 0.717) is 25.2 Å². The van der Waals surface area contributed by atoms with Crippen molar-refractivity contribution in [3.8, 4) is 0 Å². The molecule has 1 saturated heterocycles. The molecule has 1 fully saturated rings. The summed E-state index contributed by atoms with van der Waals surface area (Å²) < 4.78 is 0. The normalized spacial score (nSPS) is 26.9. The maximum Gasteiger partial charge on any atom is 0.234 e. The first-order valence-corrected chi connectivity index (χ1v) is 7.33. The molecule has 3 N–H and O–H groups in total. The molecule has 3 atom stereocenters. The number of carbonyl (C=O) groups excluding carboxylic acids is 1. The highest BCUT2D eigenvalue weighted by Gasteiger charge is 2.28. The molecule has 0 aromatic carbocycles. The van der Waals surface area contributed by atoms with Gasteiger partial charge in [0.05, 0.1) is 6.54 Å². The van der Waals surface area contributed by atoms with Crippen LogP contribution in [-0.2, 0) is 4.79 Å². The number of likely N-dealkylation sites (tertiary alicyclic amines) is 1. The summed E-state index contributed by atoms with van der Waals surface area (Å²) in [6, 6.07) is 1.12. The lowest BCUT2D eigenvalue weighted by atomic mass is 9.96. The summed E-state index contributed by atoms with van der Waals surface area (Å²) >= 11 is 0. The third-order valence-electron chi connectivity index (χ3n) is 3.92. The zero-order chi connectivity index (χ0) is 13.5. The van der Waals surface area contributed by atoms with Gasteiger partial charge in [0.1, 0.15) is 0 Å². The van der Waals surface area contributed by atoms with Gasteiger partial charge in [0, 0.05) is 24.7 Å². The fourth-order valence-corrected chi connectivity index (χ4v) is 2.87. The van der Waals surface area contributed by atoms with Crippen molar-refractivity contribution < 1.29 is 4.79 Å². The van der Waals surface area contributed by atoms with Gasteiger partial charge in [0.25, 0.3) is 0 Å². The molecular formula is C14H29N3O. The van der Waals surface area contributed by atoms with Gasteiger partial charge in [0.15, 0.2) is 0 Å². The molecule has 0 bridgehead atoms. The molecular weight excluding hydrogens is 226 g/mol. The van der Waals surface area contributed by atoms with E-state index in [1.807, 2.05) is 0 Å². The Kier molecular flexibility index (Phi) is 6.65. The van der Waals surface area contributed by atoms with E-state index in [9.17, 15) is 4.79 Å². The Labute approximate surface area is 111 Å². The van der Waals surface area contributed by atoms with Gasteiger partial charge in [-0.1, -0.05) is 19.8 Å². The number of hydrogen-bond donors (Lipinski definition) is 2. The molecule has 0 spiro atoms. The molecule has 1 heterocycles. The minimum absolute atomic E-state index is 0.142. The van der Waals surface area contributed by atoms with Crippen LogP contribution in [0.1, 0.15) is 52.9 Å². The van der Waals surface area contributed by atoms with Gasteiger partial charge in [-0.2, -0.15) is 0 Å². The van der Waals surface area contributed by atoms with E-state index in [2.05, 4.69) is 31.0 Å². The number of nitrogens with zero attached hydrogens (tertiary/aromatic N) is 1. The average molecular weight is 255 g/mol. The second-order valence-electron chi connectivity index (χ2n) is 5.60. The van der Waals surface area contributed by atoms with Gasteiger partial charge >= 0.3 is 0 Å². The molecule has 3 unspecified atom stereocenters.